The summed E-state index contributed by atoms with van der Waals surface area (Å²) < 4.78 is 6.54. The highest BCUT2D eigenvalue weighted by atomic mass is 16.5. The minimum atomic E-state index is -0.362. The SMILES string of the molecule is COc1cccc(NC(=O)Cn2nnc(C(=O)Nc3c(C)cccc3C)c2C)c1. The van der Waals surface area contributed by atoms with Crippen molar-refractivity contribution in [2.75, 3.05) is 17.7 Å². The van der Waals surface area contributed by atoms with Crippen molar-refractivity contribution in [2.45, 2.75) is 27.3 Å². The highest BCUT2D eigenvalue weighted by Gasteiger charge is 2.19. The van der Waals surface area contributed by atoms with Crippen molar-refractivity contribution in [3.8, 4) is 5.75 Å². The molecule has 1 aromatic heterocycles. The van der Waals surface area contributed by atoms with E-state index in [4.69, 9.17) is 4.74 Å². The molecule has 29 heavy (non-hydrogen) atoms. The Bertz CT molecular complexity index is 1040. The Morgan fingerprint density at radius 3 is 2.41 bits per heavy atom. The summed E-state index contributed by atoms with van der Waals surface area (Å²) in [6.07, 6.45) is 0. The highest BCUT2D eigenvalue weighted by Crippen LogP contribution is 2.21. The van der Waals surface area contributed by atoms with Crippen LogP contribution < -0.4 is 15.4 Å². The molecule has 2 amide bonds. The van der Waals surface area contributed by atoms with Gasteiger partial charge in [0.2, 0.25) is 5.91 Å². The van der Waals surface area contributed by atoms with Crippen LogP contribution in [0.15, 0.2) is 42.5 Å². The fourth-order valence-electron chi connectivity index (χ4n) is 2.94. The van der Waals surface area contributed by atoms with E-state index in [9.17, 15) is 9.59 Å². The molecule has 8 heteroatoms. The van der Waals surface area contributed by atoms with E-state index in [1.165, 1.54) is 4.68 Å². The topological polar surface area (TPSA) is 98.1 Å². The molecule has 0 unspecified atom stereocenters. The van der Waals surface area contributed by atoms with Crippen LogP contribution in [0.25, 0.3) is 0 Å². The third-order valence-corrected chi connectivity index (χ3v) is 4.56. The molecule has 3 aromatic rings. The molecule has 3 rings (SSSR count). The fourth-order valence-corrected chi connectivity index (χ4v) is 2.94. The number of aromatic nitrogens is 3. The van der Waals surface area contributed by atoms with Crippen LogP contribution in [-0.4, -0.2) is 33.9 Å². The van der Waals surface area contributed by atoms with Crippen LogP contribution >= 0.6 is 0 Å². The Balaban J connectivity index is 1.70. The molecular formula is C21H23N5O3. The molecule has 1 heterocycles. The molecule has 0 spiro atoms. The van der Waals surface area contributed by atoms with Crippen LogP contribution in [-0.2, 0) is 11.3 Å². The van der Waals surface area contributed by atoms with Crippen molar-refractivity contribution in [1.29, 1.82) is 0 Å². The van der Waals surface area contributed by atoms with Crippen molar-refractivity contribution in [1.82, 2.24) is 15.0 Å². The second-order valence-corrected chi connectivity index (χ2v) is 6.68. The summed E-state index contributed by atoms with van der Waals surface area (Å²) in [6.45, 7) is 5.50. The monoisotopic (exact) mass is 393 g/mol. The van der Waals surface area contributed by atoms with Gasteiger partial charge in [-0.1, -0.05) is 29.5 Å². The Kier molecular flexibility index (Phi) is 5.92. The predicted octanol–water partition coefficient (Wildman–Crippen LogP) is 3.10. The number of aryl methyl sites for hydroxylation is 2. The number of methoxy groups -OCH3 is 1. The van der Waals surface area contributed by atoms with Gasteiger partial charge in [-0.25, -0.2) is 4.68 Å². The molecule has 2 N–H and O–H groups in total. The first-order chi connectivity index (χ1) is 13.9. The van der Waals surface area contributed by atoms with Gasteiger partial charge < -0.3 is 15.4 Å². The van der Waals surface area contributed by atoms with E-state index in [2.05, 4.69) is 20.9 Å². The van der Waals surface area contributed by atoms with Crippen molar-refractivity contribution in [3.05, 3.63) is 65.0 Å². The van der Waals surface area contributed by atoms with E-state index in [1.54, 1.807) is 38.3 Å². The molecule has 0 radical (unpaired) electrons. The number of carbonyl (C=O) groups is 2. The lowest BCUT2D eigenvalue weighted by molar-refractivity contribution is -0.117. The van der Waals surface area contributed by atoms with Gasteiger partial charge >= 0.3 is 0 Å². The van der Waals surface area contributed by atoms with Gasteiger partial charge in [0, 0.05) is 17.4 Å². The van der Waals surface area contributed by atoms with Crippen molar-refractivity contribution < 1.29 is 14.3 Å². The van der Waals surface area contributed by atoms with E-state index < -0.39 is 0 Å². The summed E-state index contributed by atoms with van der Waals surface area (Å²) in [4.78, 5) is 25.0. The van der Waals surface area contributed by atoms with E-state index >= 15 is 0 Å². The molecule has 0 fully saturated rings. The Morgan fingerprint density at radius 1 is 1.03 bits per heavy atom. The first-order valence-electron chi connectivity index (χ1n) is 9.10. The Morgan fingerprint density at radius 2 is 1.72 bits per heavy atom. The molecule has 150 valence electrons. The van der Waals surface area contributed by atoms with Crippen LogP contribution in [0, 0.1) is 20.8 Å². The number of benzene rings is 2. The van der Waals surface area contributed by atoms with Gasteiger partial charge in [-0.05, 0) is 44.0 Å². The van der Waals surface area contributed by atoms with E-state index in [1.807, 2.05) is 32.0 Å². The zero-order valence-corrected chi connectivity index (χ0v) is 16.8. The second-order valence-electron chi connectivity index (χ2n) is 6.68. The van der Waals surface area contributed by atoms with Crippen molar-refractivity contribution >= 4 is 23.2 Å². The van der Waals surface area contributed by atoms with Crippen LogP contribution in [0.3, 0.4) is 0 Å². The molecule has 0 bridgehead atoms. The lowest BCUT2D eigenvalue weighted by Gasteiger charge is -2.10. The first-order valence-corrected chi connectivity index (χ1v) is 9.10. The molecule has 0 aliphatic carbocycles. The van der Waals surface area contributed by atoms with Gasteiger partial charge in [-0.2, -0.15) is 0 Å². The molecule has 2 aromatic carbocycles. The zero-order valence-electron chi connectivity index (χ0n) is 16.8. The summed E-state index contributed by atoms with van der Waals surface area (Å²) in [5.41, 5.74) is 3.97. The number of para-hydroxylation sites is 1. The summed E-state index contributed by atoms with van der Waals surface area (Å²) in [6, 6.07) is 12.8. The number of amides is 2. The average molecular weight is 393 g/mol. The van der Waals surface area contributed by atoms with Gasteiger partial charge in [0.15, 0.2) is 5.69 Å². The highest BCUT2D eigenvalue weighted by molar-refractivity contribution is 6.04. The Labute approximate surface area is 168 Å². The lowest BCUT2D eigenvalue weighted by Crippen LogP contribution is -2.21. The van der Waals surface area contributed by atoms with Crippen LogP contribution in [0.2, 0.25) is 0 Å². The van der Waals surface area contributed by atoms with E-state index in [0.29, 0.717) is 17.1 Å². The summed E-state index contributed by atoms with van der Waals surface area (Å²) in [5.74, 6) is -0.00231. The van der Waals surface area contributed by atoms with E-state index in [0.717, 1.165) is 16.8 Å². The van der Waals surface area contributed by atoms with Crippen molar-refractivity contribution in [2.24, 2.45) is 0 Å². The number of carbonyl (C=O) groups excluding carboxylic acids is 2. The van der Waals surface area contributed by atoms with Gasteiger partial charge in [-0.15, -0.1) is 5.10 Å². The minimum Gasteiger partial charge on any atom is -0.497 e. The Hall–Kier alpha value is -3.68. The maximum absolute atomic E-state index is 12.7. The smallest absolute Gasteiger partial charge is 0.278 e. The van der Waals surface area contributed by atoms with Crippen molar-refractivity contribution in [3.63, 3.8) is 0 Å². The molecule has 0 atom stereocenters. The molecule has 0 aliphatic heterocycles. The maximum atomic E-state index is 12.7. The maximum Gasteiger partial charge on any atom is 0.278 e. The van der Waals surface area contributed by atoms with Gasteiger partial charge in [0.05, 0.1) is 12.8 Å². The summed E-state index contributed by atoms with van der Waals surface area (Å²) in [7, 11) is 1.56. The molecule has 8 nitrogen and oxygen atoms in total. The first kappa shape index (κ1) is 20.1. The largest absolute Gasteiger partial charge is 0.497 e. The van der Waals surface area contributed by atoms with Gasteiger partial charge in [-0.3, -0.25) is 9.59 Å². The number of anilines is 2. The fraction of sp³-hybridized carbons (Fsp3) is 0.238. The quantitative estimate of drug-likeness (QED) is 0.671. The van der Waals surface area contributed by atoms with E-state index in [-0.39, 0.29) is 24.1 Å². The molecular weight excluding hydrogens is 370 g/mol. The third-order valence-electron chi connectivity index (χ3n) is 4.56. The normalized spacial score (nSPS) is 10.5. The van der Waals surface area contributed by atoms with Gasteiger partial charge in [0.1, 0.15) is 12.3 Å². The summed E-state index contributed by atoms with van der Waals surface area (Å²) in [5, 5.41) is 13.6. The van der Waals surface area contributed by atoms with Crippen LogP contribution in [0.1, 0.15) is 27.3 Å². The predicted molar refractivity (Wildman–Crippen MR) is 110 cm³/mol. The number of nitrogens with zero attached hydrogens (tertiary/aromatic N) is 3. The minimum absolute atomic E-state index is 0.0628. The lowest BCUT2D eigenvalue weighted by atomic mass is 10.1. The number of nitrogens with one attached hydrogen (secondary N) is 2. The number of ether oxygens (including phenoxy) is 1. The van der Waals surface area contributed by atoms with Gasteiger partial charge in [0.25, 0.3) is 5.91 Å². The summed E-state index contributed by atoms with van der Waals surface area (Å²) >= 11 is 0. The molecule has 0 saturated carbocycles. The zero-order chi connectivity index (χ0) is 21.0. The third kappa shape index (κ3) is 4.60. The van der Waals surface area contributed by atoms with Crippen LogP contribution in [0.4, 0.5) is 11.4 Å². The number of hydrogen-bond acceptors (Lipinski definition) is 5. The van der Waals surface area contributed by atoms with Crippen LogP contribution in [0.5, 0.6) is 5.75 Å². The molecule has 0 aliphatic rings. The number of hydrogen-bond donors (Lipinski definition) is 2. The molecule has 0 saturated heterocycles. The number of rotatable bonds is 6. The standard InChI is InChI=1S/C21H23N5O3/c1-13-7-5-8-14(2)19(13)23-21(28)20-15(3)26(25-24-20)12-18(27)22-16-9-6-10-17(11-16)29-4/h5-11H,12H2,1-4H3,(H,22,27)(H,23,28). The second kappa shape index (κ2) is 8.55. The average Bonchev–Trinajstić information content (AvgIpc) is 3.05.